The lowest BCUT2D eigenvalue weighted by Crippen LogP contribution is -2.66. The molecule has 1 unspecified atom stereocenters. The highest BCUT2D eigenvalue weighted by Gasteiger charge is 2.59. The van der Waals surface area contributed by atoms with E-state index in [1.54, 1.807) is 0 Å². The summed E-state index contributed by atoms with van der Waals surface area (Å²) >= 11 is 0. The third-order valence-electron chi connectivity index (χ3n) is 3.94. The van der Waals surface area contributed by atoms with Crippen LogP contribution in [0.15, 0.2) is 0 Å². The molecule has 0 bridgehead atoms. The minimum Gasteiger partial charge on any atom is -0.393 e. The summed E-state index contributed by atoms with van der Waals surface area (Å²) in [5.74, 6) is 0.609. The molecular weight excluding hydrogens is 256 g/mol. The minimum atomic E-state index is -2.27. The van der Waals surface area contributed by atoms with Crippen molar-refractivity contribution in [3.8, 4) is 0 Å². The first-order valence-corrected chi connectivity index (χ1v) is 10.00. The molecule has 1 aliphatic heterocycles. The van der Waals surface area contributed by atoms with E-state index >= 15 is 0 Å². The van der Waals surface area contributed by atoms with E-state index in [2.05, 4.69) is 34.6 Å². The third-order valence-corrected chi connectivity index (χ3v) is 8.45. The van der Waals surface area contributed by atoms with Crippen molar-refractivity contribution >= 4 is 8.56 Å². The highest BCUT2D eigenvalue weighted by atomic mass is 28.4. The summed E-state index contributed by atoms with van der Waals surface area (Å²) in [5, 5.41) is -0.139. The minimum absolute atomic E-state index is 0.139. The van der Waals surface area contributed by atoms with Gasteiger partial charge < -0.3 is 13.6 Å². The standard InChI is InChI=1S/C15H32O3Si/c1-6-16-15(13-14(4)5)11-9-10-12-19(15,17-7-2)18-8-3/h14H,6-13H2,1-5H3. The fourth-order valence-electron chi connectivity index (χ4n) is 3.54. The maximum atomic E-state index is 6.31. The quantitative estimate of drug-likeness (QED) is 0.631. The van der Waals surface area contributed by atoms with E-state index in [0.717, 1.165) is 38.7 Å². The fourth-order valence-corrected chi connectivity index (χ4v) is 8.18. The first kappa shape index (κ1) is 17.1. The first-order chi connectivity index (χ1) is 9.06. The summed E-state index contributed by atoms with van der Waals surface area (Å²) in [6, 6.07) is 1.08. The van der Waals surface area contributed by atoms with E-state index in [1.165, 1.54) is 12.8 Å². The molecule has 0 aromatic carbocycles. The molecule has 0 N–H and O–H groups in total. The van der Waals surface area contributed by atoms with E-state index in [1.807, 2.05) is 0 Å². The molecular formula is C15H32O3Si. The Morgan fingerprint density at radius 1 is 1.00 bits per heavy atom. The lowest BCUT2D eigenvalue weighted by Gasteiger charge is -2.50. The predicted octanol–water partition coefficient (Wildman–Crippen LogP) is 4.05. The first-order valence-electron chi connectivity index (χ1n) is 7.97. The van der Waals surface area contributed by atoms with Gasteiger partial charge in [0.05, 0.1) is 0 Å². The maximum absolute atomic E-state index is 6.31. The SMILES string of the molecule is CCOC1(CC(C)C)CCCC[Si]1(OCC)OCC. The molecule has 1 saturated heterocycles. The molecule has 19 heavy (non-hydrogen) atoms. The van der Waals surface area contributed by atoms with Gasteiger partial charge >= 0.3 is 8.56 Å². The maximum Gasteiger partial charge on any atom is 0.371 e. The summed E-state index contributed by atoms with van der Waals surface area (Å²) in [5.41, 5.74) is 0. The summed E-state index contributed by atoms with van der Waals surface area (Å²) in [7, 11) is -2.27. The monoisotopic (exact) mass is 288 g/mol. The zero-order valence-electron chi connectivity index (χ0n) is 13.5. The topological polar surface area (TPSA) is 27.7 Å². The van der Waals surface area contributed by atoms with Gasteiger partial charge in [-0.2, -0.15) is 0 Å². The zero-order valence-corrected chi connectivity index (χ0v) is 14.5. The van der Waals surface area contributed by atoms with Crippen molar-refractivity contribution in [1.29, 1.82) is 0 Å². The Bertz CT molecular complexity index is 242. The molecule has 0 spiro atoms. The van der Waals surface area contributed by atoms with Gasteiger partial charge in [-0.05, 0) is 45.6 Å². The van der Waals surface area contributed by atoms with Crippen molar-refractivity contribution in [2.45, 2.75) is 71.6 Å². The van der Waals surface area contributed by atoms with Crippen LogP contribution in [-0.2, 0) is 13.6 Å². The molecule has 1 aliphatic rings. The molecule has 0 aliphatic carbocycles. The molecule has 3 nitrogen and oxygen atoms in total. The number of rotatable bonds is 8. The summed E-state index contributed by atoms with van der Waals surface area (Å²) in [6.07, 6.45) is 4.62. The molecule has 1 fully saturated rings. The molecule has 114 valence electrons. The van der Waals surface area contributed by atoms with Crippen LogP contribution in [0.5, 0.6) is 0 Å². The van der Waals surface area contributed by atoms with Crippen LogP contribution in [0.2, 0.25) is 6.04 Å². The lowest BCUT2D eigenvalue weighted by atomic mass is 10.00. The molecule has 0 aromatic rings. The number of ether oxygens (including phenoxy) is 1. The van der Waals surface area contributed by atoms with Gasteiger partial charge in [-0.25, -0.2) is 0 Å². The van der Waals surface area contributed by atoms with Crippen LogP contribution >= 0.6 is 0 Å². The van der Waals surface area contributed by atoms with Crippen molar-refractivity contribution in [3.05, 3.63) is 0 Å². The van der Waals surface area contributed by atoms with Crippen LogP contribution in [-0.4, -0.2) is 33.6 Å². The average molecular weight is 289 g/mol. The predicted molar refractivity (Wildman–Crippen MR) is 81.5 cm³/mol. The van der Waals surface area contributed by atoms with Crippen molar-refractivity contribution < 1.29 is 13.6 Å². The van der Waals surface area contributed by atoms with Crippen molar-refractivity contribution in [1.82, 2.24) is 0 Å². The molecule has 0 amide bonds. The summed E-state index contributed by atoms with van der Waals surface area (Å²) in [6.45, 7) is 13.0. The van der Waals surface area contributed by atoms with E-state index in [-0.39, 0.29) is 5.22 Å². The van der Waals surface area contributed by atoms with Gasteiger partial charge in [-0.1, -0.05) is 26.7 Å². The van der Waals surface area contributed by atoms with Gasteiger partial charge in [0.1, 0.15) is 5.22 Å². The number of hydrogen-bond donors (Lipinski definition) is 0. The Morgan fingerprint density at radius 3 is 2.11 bits per heavy atom. The molecule has 4 heteroatoms. The van der Waals surface area contributed by atoms with Crippen LogP contribution in [0.1, 0.15) is 60.3 Å². The van der Waals surface area contributed by atoms with Gasteiger partial charge in [-0.3, -0.25) is 0 Å². The smallest absolute Gasteiger partial charge is 0.371 e. The summed E-state index contributed by atoms with van der Waals surface area (Å²) < 4.78 is 18.9. The Hall–Kier alpha value is 0.0969. The van der Waals surface area contributed by atoms with Gasteiger partial charge in [0.25, 0.3) is 0 Å². The van der Waals surface area contributed by atoms with E-state index in [0.29, 0.717) is 5.92 Å². The highest BCUT2D eigenvalue weighted by molar-refractivity contribution is 6.70. The number of hydrogen-bond acceptors (Lipinski definition) is 3. The molecule has 1 atom stereocenters. The molecule has 1 rings (SSSR count). The normalized spacial score (nSPS) is 26.8. The second-order valence-corrected chi connectivity index (χ2v) is 9.35. The van der Waals surface area contributed by atoms with Crippen molar-refractivity contribution in [2.24, 2.45) is 5.92 Å². The van der Waals surface area contributed by atoms with E-state index < -0.39 is 8.56 Å². The van der Waals surface area contributed by atoms with Crippen LogP contribution in [0.3, 0.4) is 0 Å². The van der Waals surface area contributed by atoms with Gasteiger partial charge in [-0.15, -0.1) is 0 Å². The second kappa shape index (κ2) is 7.77. The molecule has 1 heterocycles. The molecule has 0 radical (unpaired) electrons. The van der Waals surface area contributed by atoms with Crippen LogP contribution in [0.4, 0.5) is 0 Å². The Balaban J connectivity index is 3.08. The van der Waals surface area contributed by atoms with Crippen molar-refractivity contribution in [2.75, 3.05) is 19.8 Å². The van der Waals surface area contributed by atoms with Gasteiger partial charge in [0.15, 0.2) is 0 Å². The lowest BCUT2D eigenvalue weighted by molar-refractivity contribution is -0.0520. The largest absolute Gasteiger partial charge is 0.393 e. The fraction of sp³-hybridized carbons (Fsp3) is 1.00. The average Bonchev–Trinajstić information content (AvgIpc) is 2.33. The van der Waals surface area contributed by atoms with E-state index in [4.69, 9.17) is 13.6 Å². The highest BCUT2D eigenvalue weighted by Crippen LogP contribution is 2.44. The Morgan fingerprint density at radius 2 is 1.63 bits per heavy atom. The Kier molecular flexibility index (Phi) is 7.01. The zero-order chi connectivity index (χ0) is 14.4. The van der Waals surface area contributed by atoms with Gasteiger partial charge in [0, 0.05) is 19.8 Å². The van der Waals surface area contributed by atoms with Crippen LogP contribution < -0.4 is 0 Å². The van der Waals surface area contributed by atoms with E-state index in [9.17, 15) is 0 Å². The van der Waals surface area contributed by atoms with Crippen LogP contribution in [0, 0.1) is 5.92 Å². The second-order valence-electron chi connectivity index (χ2n) is 5.85. The van der Waals surface area contributed by atoms with Crippen LogP contribution in [0.25, 0.3) is 0 Å². The Labute approximate surface area is 120 Å². The third kappa shape index (κ3) is 3.81. The molecule has 0 saturated carbocycles. The summed E-state index contributed by atoms with van der Waals surface area (Å²) in [4.78, 5) is 0. The van der Waals surface area contributed by atoms with Crippen molar-refractivity contribution in [3.63, 3.8) is 0 Å². The molecule has 0 aromatic heterocycles. The van der Waals surface area contributed by atoms with Gasteiger partial charge in [0.2, 0.25) is 0 Å².